The van der Waals surface area contributed by atoms with Crippen molar-refractivity contribution in [2.75, 3.05) is 17.1 Å². The van der Waals surface area contributed by atoms with Crippen molar-refractivity contribution < 1.29 is 18.0 Å². The number of nitrogens with zero attached hydrogens (tertiary/aromatic N) is 2. The maximum atomic E-state index is 13.6. The first-order valence-corrected chi connectivity index (χ1v) is 13.9. The topological polar surface area (TPSA) is 86.8 Å². The molecule has 1 N–H and O–H groups in total. The Morgan fingerprint density at radius 1 is 1.03 bits per heavy atom. The van der Waals surface area contributed by atoms with Gasteiger partial charge in [-0.25, -0.2) is 8.42 Å². The van der Waals surface area contributed by atoms with Crippen LogP contribution >= 0.6 is 34.8 Å². The fraction of sp³-hybridized carbons (Fsp3) is 0.417. The summed E-state index contributed by atoms with van der Waals surface area (Å²) in [6, 6.07) is 10.6. The SMILES string of the molecule is CC[C@H](C(=O)NC(C)(C)C)N(Cc1ccc(Cl)cc1)C(=O)CN(c1cccc(Cl)c1Cl)S(C)(=O)=O. The molecule has 7 nitrogen and oxygen atoms in total. The molecule has 0 aliphatic carbocycles. The fourth-order valence-electron chi connectivity index (χ4n) is 3.44. The summed E-state index contributed by atoms with van der Waals surface area (Å²) in [6.45, 7) is 6.83. The van der Waals surface area contributed by atoms with Gasteiger partial charge in [0.15, 0.2) is 0 Å². The first-order chi connectivity index (χ1) is 16.1. The van der Waals surface area contributed by atoms with E-state index in [4.69, 9.17) is 34.8 Å². The van der Waals surface area contributed by atoms with Crippen molar-refractivity contribution >= 4 is 62.3 Å². The highest BCUT2D eigenvalue weighted by Crippen LogP contribution is 2.33. The minimum atomic E-state index is -3.92. The average molecular weight is 563 g/mol. The van der Waals surface area contributed by atoms with Gasteiger partial charge in [-0.1, -0.05) is 59.9 Å². The molecule has 2 aromatic rings. The van der Waals surface area contributed by atoms with Gasteiger partial charge in [-0.3, -0.25) is 13.9 Å². The molecule has 35 heavy (non-hydrogen) atoms. The molecule has 0 radical (unpaired) electrons. The van der Waals surface area contributed by atoms with E-state index in [0.717, 1.165) is 16.1 Å². The zero-order valence-electron chi connectivity index (χ0n) is 20.3. The first-order valence-electron chi connectivity index (χ1n) is 10.9. The molecule has 0 aliphatic rings. The number of carbonyl (C=O) groups is 2. The Kier molecular flexibility index (Phi) is 9.87. The predicted molar refractivity (Wildman–Crippen MR) is 143 cm³/mol. The molecule has 11 heteroatoms. The third kappa shape index (κ3) is 8.27. The standard InChI is InChI=1S/C24H30Cl3N3O4S/c1-6-19(23(32)28-24(2,3)4)29(14-16-10-12-17(25)13-11-16)21(31)15-30(35(5,33)34)20-9-7-8-18(26)22(20)27/h7-13,19H,6,14-15H2,1-5H3,(H,28,32)/t19-/m1/s1. The molecule has 0 aromatic heterocycles. The number of anilines is 1. The van der Waals surface area contributed by atoms with Gasteiger partial charge in [-0.05, 0) is 57.0 Å². The van der Waals surface area contributed by atoms with Crippen LogP contribution in [0.5, 0.6) is 0 Å². The van der Waals surface area contributed by atoms with Gasteiger partial charge >= 0.3 is 0 Å². The number of benzene rings is 2. The molecule has 0 saturated heterocycles. The van der Waals surface area contributed by atoms with E-state index in [2.05, 4.69) is 5.32 Å². The van der Waals surface area contributed by atoms with Gasteiger partial charge in [0, 0.05) is 17.1 Å². The van der Waals surface area contributed by atoms with E-state index < -0.39 is 34.1 Å². The molecular formula is C24H30Cl3N3O4S. The summed E-state index contributed by atoms with van der Waals surface area (Å²) in [5, 5.41) is 3.60. The van der Waals surface area contributed by atoms with Crippen molar-refractivity contribution in [3.8, 4) is 0 Å². The van der Waals surface area contributed by atoms with Crippen LogP contribution in [0.1, 0.15) is 39.7 Å². The van der Waals surface area contributed by atoms with Gasteiger partial charge in [0.05, 0.1) is 22.0 Å². The van der Waals surface area contributed by atoms with Crippen LogP contribution in [-0.4, -0.2) is 49.5 Å². The second kappa shape index (κ2) is 11.8. The maximum Gasteiger partial charge on any atom is 0.244 e. The minimum Gasteiger partial charge on any atom is -0.350 e. The molecule has 0 bridgehead atoms. The lowest BCUT2D eigenvalue weighted by Gasteiger charge is -2.34. The molecule has 0 heterocycles. The quantitative estimate of drug-likeness (QED) is 0.459. The Hall–Kier alpha value is -2.00. The number of amides is 2. The van der Waals surface area contributed by atoms with Crippen molar-refractivity contribution in [3.05, 3.63) is 63.1 Å². The second-order valence-electron chi connectivity index (χ2n) is 9.15. The largest absolute Gasteiger partial charge is 0.350 e. The first kappa shape index (κ1) is 29.2. The normalized spacial score (nSPS) is 12.7. The van der Waals surface area contributed by atoms with Crippen molar-refractivity contribution in [3.63, 3.8) is 0 Å². The Morgan fingerprint density at radius 2 is 1.63 bits per heavy atom. The van der Waals surface area contributed by atoms with E-state index >= 15 is 0 Å². The van der Waals surface area contributed by atoms with E-state index in [0.29, 0.717) is 11.4 Å². The molecule has 192 valence electrons. The third-order valence-corrected chi connectivity index (χ3v) is 7.22. The summed E-state index contributed by atoms with van der Waals surface area (Å²) in [7, 11) is -3.92. The summed E-state index contributed by atoms with van der Waals surface area (Å²) in [4.78, 5) is 28.2. The van der Waals surface area contributed by atoms with Gasteiger partial charge in [0.25, 0.3) is 0 Å². The molecule has 0 unspecified atom stereocenters. The highest BCUT2D eigenvalue weighted by Gasteiger charge is 2.33. The van der Waals surface area contributed by atoms with Crippen molar-refractivity contribution in [2.45, 2.75) is 52.2 Å². The molecule has 2 aromatic carbocycles. The van der Waals surface area contributed by atoms with Gasteiger partial charge in [0.2, 0.25) is 21.8 Å². The van der Waals surface area contributed by atoms with Gasteiger partial charge in [-0.15, -0.1) is 0 Å². The molecule has 0 aliphatic heterocycles. The van der Waals surface area contributed by atoms with Crippen LogP contribution in [0.15, 0.2) is 42.5 Å². The van der Waals surface area contributed by atoms with Crippen LogP contribution in [-0.2, 0) is 26.2 Å². The van der Waals surface area contributed by atoms with Crippen LogP contribution in [0, 0.1) is 0 Å². The van der Waals surface area contributed by atoms with E-state index in [-0.39, 0.29) is 28.2 Å². The average Bonchev–Trinajstić information content (AvgIpc) is 2.73. The van der Waals surface area contributed by atoms with Crippen molar-refractivity contribution in [1.82, 2.24) is 10.2 Å². The molecule has 1 atom stereocenters. The smallest absolute Gasteiger partial charge is 0.244 e. The summed E-state index contributed by atoms with van der Waals surface area (Å²) < 4.78 is 26.2. The zero-order valence-corrected chi connectivity index (χ0v) is 23.4. The lowest BCUT2D eigenvalue weighted by molar-refractivity contribution is -0.141. The molecule has 2 rings (SSSR count). The highest BCUT2D eigenvalue weighted by atomic mass is 35.5. The Bertz CT molecular complexity index is 1170. The Labute approximate surface area is 222 Å². The third-order valence-electron chi connectivity index (χ3n) is 5.03. The lowest BCUT2D eigenvalue weighted by Crippen LogP contribution is -2.55. The Morgan fingerprint density at radius 3 is 2.14 bits per heavy atom. The summed E-state index contributed by atoms with van der Waals surface area (Å²) in [5.74, 6) is -0.911. The van der Waals surface area contributed by atoms with E-state index in [9.17, 15) is 18.0 Å². The molecule has 0 spiro atoms. The fourth-order valence-corrected chi connectivity index (χ4v) is 4.87. The van der Waals surface area contributed by atoms with Crippen LogP contribution in [0.25, 0.3) is 0 Å². The zero-order chi connectivity index (χ0) is 26.6. The number of halogens is 3. The van der Waals surface area contributed by atoms with Crippen LogP contribution in [0.4, 0.5) is 5.69 Å². The van der Waals surface area contributed by atoms with Crippen molar-refractivity contribution in [2.24, 2.45) is 0 Å². The van der Waals surface area contributed by atoms with E-state index in [1.807, 2.05) is 20.8 Å². The van der Waals surface area contributed by atoms with E-state index in [1.165, 1.54) is 17.0 Å². The number of carbonyl (C=O) groups excluding carboxylic acids is 2. The minimum absolute atomic E-state index is 0.00848. The van der Waals surface area contributed by atoms with Crippen LogP contribution < -0.4 is 9.62 Å². The summed E-state index contributed by atoms with van der Waals surface area (Å²) >= 11 is 18.4. The number of hydrogen-bond acceptors (Lipinski definition) is 4. The maximum absolute atomic E-state index is 13.6. The molecule has 0 saturated carbocycles. The Balaban J connectivity index is 2.49. The molecule has 0 fully saturated rings. The number of rotatable bonds is 9. The predicted octanol–water partition coefficient (Wildman–Crippen LogP) is 5.13. The number of sulfonamides is 1. The van der Waals surface area contributed by atoms with Gasteiger partial charge in [-0.2, -0.15) is 0 Å². The highest BCUT2D eigenvalue weighted by molar-refractivity contribution is 7.92. The summed E-state index contributed by atoms with van der Waals surface area (Å²) in [6.07, 6.45) is 1.29. The van der Waals surface area contributed by atoms with Gasteiger partial charge in [0.1, 0.15) is 12.6 Å². The van der Waals surface area contributed by atoms with Crippen LogP contribution in [0.2, 0.25) is 15.1 Å². The monoisotopic (exact) mass is 561 g/mol. The van der Waals surface area contributed by atoms with Crippen LogP contribution in [0.3, 0.4) is 0 Å². The summed E-state index contributed by atoms with van der Waals surface area (Å²) in [5.41, 5.74) is 0.289. The lowest BCUT2D eigenvalue weighted by atomic mass is 10.1. The number of hydrogen-bond donors (Lipinski definition) is 1. The van der Waals surface area contributed by atoms with E-state index in [1.54, 1.807) is 37.3 Å². The molecular weight excluding hydrogens is 533 g/mol. The second-order valence-corrected chi connectivity index (χ2v) is 12.3. The van der Waals surface area contributed by atoms with Crippen molar-refractivity contribution in [1.29, 1.82) is 0 Å². The molecule has 2 amide bonds. The van der Waals surface area contributed by atoms with Gasteiger partial charge < -0.3 is 10.2 Å². The number of nitrogens with one attached hydrogen (secondary N) is 1.